The van der Waals surface area contributed by atoms with Crippen LogP contribution in [0.2, 0.25) is 0 Å². The Labute approximate surface area is 120 Å². The Morgan fingerprint density at radius 3 is 2.40 bits per heavy atom. The summed E-state index contributed by atoms with van der Waals surface area (Å²) in [6, 6.07) is 8.54. The quantitative estimate of drug-likeness (QED) is 0.820. The molecule has 3 rings (SSSR count). The molecule has 0 saturated carbocycles. The molecule has 0 unspecified atom stereocenters. The lowest BCUT2D eigenvalue weighted by molar-refractivity contribution is 0.0972. The molecule has 0 atom stereocenters. The lowest BCUT2D eigenvalue weighted by Gasteiger charge is -2.20. The lowest BCUT2D eigenvalue weighted by atomic mass is 9.96. The topological polar surface area (TPSA) is 22.0 Å². The van der Waals surface area contributed by atoms with Gasteiger partial charge in [0.25, 0.3) is 0 Å². The van der Waals surface area contributed by atoms with Crippen molar-refractivity contribution in [2.24, 2.45) is 0 Å². The van der Waals surface area contributed by atoms with Crippen molar-refractivity contribution in [2.75, 3.05) is 0 Å². The summed E-state index contributed by atoms with van der Waals surface area (Å²) < 4.78 is 2.27. The highest BCUT2D eigenvalue weighted by Crippen LogP contribution is 2.29. The molecule has 0 fully saturated rings. The summed E-state index contributed by atoms with van der Waals surface area (Å²) >= 11 is 0. The molecule has 104 valence electrons. The van der Waals surface area contributed by atoms with E-state index in [1.54, 1.807) is 0 Å². The van der Waals surface area contributed by atoms with E-state index in [0.717, 1.165) is 31.2 Å². The van der Waals surface area contributed by atoms with E-state index in [9.17, 15) is 4.79 Å². The van der Waals surface area contributed by atoms with Gasteiger partial charge < -0.3 is 4.57 Å². The van der Waals surface area contributed by atoms with Crippen LogP contribution in [0.25, 0.3) is 5.69 Å². The van der Waals surface area contributed by atoms with Crippen LogP contribution in [-0.4, -0.2) is 10.4 Å². The number of ketones is 1. The fraction of sp³-hybridized carbons (Fsp3) is 0.389. The molecule has 1 aromatic heterocycles. The normalized spacial score (nSPS) is 14.4. The Kier molecular flexibility index (Phi) is 3.47. The summed E-state index contributed by atoms with van der Waals surface area (Å²) in [5, 5.41) is 0. The second kappa shape index (κ2) is 5.28. The molecule has 2 nitrogen and oxygen atoms in total. The Morgan fingerprint density at radius 2 is 1.75 bits per heavy atom. The molecule has 0 saturated heterocycles. The minimum absolute atomic E-state index is 0.303. The summed E-state index contributed by atoms with van der Waals surface area (Å²) in [7, 11) is 0. The van der Waals surface area contributed by atoms with Crippen molar-refractivity contribution in [3.8, 4) is 5.69 Å². The highest BCUT2D eigenvalue weighted by atomic mass is 16.1. The zero-order valence-electron chi connectivity index (χ0n) is 12.3. The predicted molar refractivity (Wildman–Crippen MR) is 81.8 cm³/mol. The lowest BCUT2D eigenvalue weighted by Crippen LogP contribution is -2.14. The third kappa shape index (κ3) is 2.00. The van der Waals surface area contributed by atoms with Gasteiger partial charge >= 0.3 is 0 Å². The number of carbonyl (C=O) groups excluding carboxylic acids is 1. The second-order valence-electron chi connectivity index (χ2n) is 5.45. The van der Waals surface area contributed by atoms with Crippen LogP contribution in [0.1, 0.15) is 53.9 Å². The third-order valence-electron chi connectivity index (χ3n) is 4.32. The standard InChI is InChI=1S/C18H21NO/c1-3-13-7-5-8-14(4-2)18(13)19-12-11-15-16(19)9-6-10-17(15)20/h5,7-8,11-12H,3-4,6,9-10H2,1-2H3. The van der Waals surface area contributed by atoms with Crippen LogP contribution in [0.15, 0.2) is 30.5 Å². The van der Waals surface area contributed by atoms with E-state index < -0.39 is 0 Å². The third-order valence-corrected chi connectivity index (χ3v) is 4.32. The van der Waals surface area contributed by atoms with Gasteiger partial charge in [0.05, 0.1) is 5.69 Å². The highest BCUT2D eigenvalue weighted by Gasteiger charge is 2.22. The highest BCUT2D eigenvalue weighted by molar-refractivity contribution is 5.98. The zero-order chi connectivity index (χ0) is 14.1. The number of hydrogen-bond donors (Lipinski definition) is 0. The molecule has 0 spiro atoms. The van der Waals surface area contributed by atoms with Gasteiger partial charge in [-0.15, -0.1) is 0 Å². The van der Waals surface area contributed by atoms with Gasteiger partial charge in [-0.25, -0.2) is 0 Å². The summed E-state index contributed by atoms with van der Waals surface area (Å²) in [6.07, 6.45) is 6.81. The molecule has 1 aliphatic carbocycles. The van der Waals surface area contributed by atoms with Gasteiger partial charge in [-0.3, -0.25) is 4.79 Å². The number of Topliss-reactive ketones (excluding diaryl/α,β-unsaturated/α-hetero) is 1. The molecule has 1 aliphatic rings. The molecular formula is C18H21NO. The van der Waals surface area contributed by atoms with Crippen LogP contribution in [0, 0.1) is 0 Å². The van der Waals surface area contributed by atoms with E-state index in [1.807, 2.05) is 6.07 Å². The number of aryl methyl sites for hydroxylation is 2. The first-order valence-corrected chi connectivity index (χ1v) is 7.60. The number of para-hydroxylation sites is 1. The Bertz CT molecular complexity index is 629. The Morgan fingerprint density at radius 1 is 1.05 bits per heavy atom. The molecular weight excluding hydrogens is 246 g/mol. The maximum atomic E-state index is 12.0. The average Bonchev–Trinajstić information content (AvgIpc) is 2.91. The number of rotatable bonds is 3. The SMILES string of the molecule is CCc1cccc(CC)c1-n1ccc2c1CCCC2=O. The summed E-state index contributed by atoms with van der Waals surface area (Å²) in [5.74, 6) is 0.303. The maximum Gasteiger partial charge on any atom is 0.164 e. The van der Waals surface area contributed by atoms with E-state index >= 15 is 0 Å². The van der Waals surface area contributed by atoms with Gasteiger partial charge in [0.15, 0.2) is 5.78 Å². The van der Waals surface area contributed by atoms with Crippen LogP contribution >= 0.6 is 0 Å². The molecule has 0 radical (unpaired) electrons. The van der Waals surface area contributed by atoms with Crippen molar-refractivity contribution in [3.63, 3.8) is 0 Å². The van der Waals surface area contributed by atoms with Crippen LogP contribution in [0.5, 0.6) is 0 Å². The number of hydrogen-bond acceptors (Lipinski definition) is 1. The average molecular weight is 267 g/mol. The van der Waals surface area contributed by atoms with Crippen molar-refractivity contribution in [1.29, 1.82) is 0 Å². The van der Waals surface area contributed by atoms with Gasteiger partial charge in [-0.2, -0.15) is 0 Å². The van der Waals surface area contributed by atoms with Gasteiger partial charge in [0, 0.05) is 23.9 Å². The van der Waals surface area contributed by atoms with Crippen LogP contribution < -0.4 is 0 Å². The van der Waals surface area contributed by atoms with Gasteiger partial charge in [0.1, 0.15) is 0 Å². The number of nitrogens with zero attached hydrogens (tertiary/aromatic N) is 1. The molecule has 20 heavy (non-hydrogen) atoms. The van der Waals surface area contributed by atoms with Crippen molar-refractivity contribution < 1.29 is 4.79 Å². The summed E-state index contributed by atoms with van der Waals surface area (Å²) in [4.78, 5) is 12.0. The zero-order valence-corrected chi connectivity index (χ0v) is 12.3. The number of benzene rings is 1. The molecule has 1 aromatic carbocycles. The van der Waals surface area contributed by atoms with Crippen molar-refractivity contribution >= 4 is 5.78 Å². The van der Waals surface area contributed by atoms with E-state index in [1.165, 1.54) is 22.5 Å². The number of aromatic nitrogens is 1. The number of carbonyl (C=O) groups is 1. The first-order valence-electron chi connectivity index (χ1n) is 7.60. The first-order chi connectivity index (χ1) is 9.76. The molecule has 0 amide bonds. The predicted octanol–water partition coefficient (Wildman–Crippen LogP) is 4.12. The van der Waals surface area contributed by atoms with Crippen molar-refractivity contribution in [3.05, 3.63) is 52.8 Å². The van der Waals surface area contributed by atoms with Gasteiger partial charge in [-0.1, -0.05) is 32.0 Å². The summed E-state index contributed by atoms with van der Waals surface area (Å²) in [6.45, 7) is 4.39. The fourth-order valence-corrected chi connectivity index (χ4v) is 3.26. The minimum Gasteiger partial charge on any atom is -0.320 e. The van der Waals surface area contributed by atoms with Gasteiger partial charge in [0.2, 0.25) is 0 Å². The monoisotopic (exact) mass is 267 g/mol. The van der Waals surface area contributed by atoms with Gasteiger partial charge in [-0.05, 0) is 42.9 Å². The second-order valence-corrected chi connectivity index (χ2v) is 5.45. The van der Waals surface area contributed by atoms with Crippen LogP contribution in [0.4, 0.5) is 0 Å². The van der Waals surface area contributed by atoms with Crippen molar-refractivity contribution in [2.45, 2.75) is 46.0 Å². The molecule has 0 N–H and O–H groups in total. The number of fused-ring (bicyclic) bond motifs is 1. The fourth-order valence-electron chi connectivity index (χ4n) is 3.26. The summed E-state index contributed by atoms with van der Waals surface area (Å²) in [5.41, 5.74) is 6.16. The van der Waals surface area contributed by atoms with Crippen LogP contribution in [0.3, 0.4) is 0 Å². The minimum atomic E-state index is 0.303. The smallest absolute Gasteiger partial charge is 0.164 e. The van der Waals surface area contributed by atoms with Crippen LogP contribution in [-0.2, 0) is 19.3 Å². The molecule has 2 heteroatoms. The molecule has 2 aromatic rings. The molecule has 0 bridgehead atoms. The molecule has 0 aliphatic heterocycles. The van der Waals surface area contributed by atoms with E-state index in [4.69, 9.17) is 0 Å². The van der Waals surface area contributed by atoms with E-state index in [2.05, 4.69) is 42.8 Å². The van der Waals surface area contributed by atoms with Crippen molar-refractivity contribution in [1.82, 2.24) is 4.57 Å². The molecule has 1 heterocycles. The van der Waals surface area contributed by atoms with E-state index in [-0.39, 0.29) is 0 Å². The first kappa shape index (κ1) is 13.2. The Balaban J connectivity index is 2.22. The maximum absolute atomic E-state index is 12.0. The van der Waals surface area contributed by atoms with E-state index in [0.29, 0.717) is 12.2 Å². The largest absolute Gasteiger partial charge is 0.320 e. The Hall–Kier alpha value is -1.83.